The summed E-state index contributed by atoms with van der Waals surface area (Å²) in [6.45, 7) is 11.9. The Balaban J connectivity index is 1.52. The van der Waals surface area contributed by atoms with Crippen molar-refractivity contribution in [1.29, 1.82) is 0 Å². The number of aromatic nitrogens is 3. The van der Waals surface area contributed by atoms with E-state index in [2.05, 4.69) is 53.9 Å². The monoisotopic (exact) mass is 353 g/mol. The van der Waals surface area contributed by atoms with E-state index in [1.54, 1.807) is 0 Å². The summed E-state index contributed by atoms with van der Waals surface area (Å²) in [5.41, 5.74) is 5.11. The fourth-order valence-electron chi connectivity index (χ4n) is 4.78. The Morgan fingerprint density at radius 3 is 2.65 bits per heavy atom. The molecule has 2 aromatic rings. The van der Waals surface area contributed by atoms with Crippen LogP contribution in [0.4, 0.5) is 0 Å². The molecule has 0 bridgehead atoms. The molecule has 2 aliphatic heterocycles. The van der Waals surface area contributed by atoms with Crippen molar-refractivity contribution in [3.05, 3.63) is 47.0 Å². The van der Waals surface area contributed by atoms with E-state index in [0.29, 0.717) is 6.04 Å². The Morgan fingerprint density at radius 2 is 2.00 bits per heavy atom. The lowest BCUT2D eigenvalue weighted by Gasteiger charge is -2.40. The van der Waals surface area contributed by atoms with E-state index in [1.807, 2.05) is 6.20 Å². The first-order chi connectivity index (χ1) is 12.6. The molecule has 1 N–H and O–H groups in total. The molecule has 0 spiro atoms. The highest BCUT2D eigenvalue weighted by atomic mass is 15.3. The quantitative estimate of drug-likeness (QED) is 0.918. The van der Waals surface area contributed by atoms with Gasteiger partial charge < -0.3 is 10.2 Å². The Morgan fingerprint density at radius 1 is 1.19 bits per heavy atom. The molecule has 2 aromatic heterocycles. The van der Waals surface area contributed by atoms with Crippen LogP contribution in [0.15, 0.2) is 24.4 Å². The molecule has 1 atom stereocenters. The van der Waals surface area contributed by atoms with Crippen molar-refractivity contribution in [2.45, 2.75) is 51.5 Å². The number of hydrogen-bond donors (Lipinski definition) is 1. The highest BCUT2D eigenvalue weighted by Crippen LogP contribution is 2.35. The molecule has 2 saturated heterocycles. The average molecular weight is 354 g/mol. The predicted octanol–water partition coefficient (Wildman–Crippen LogP) is 2.77. The standard InChI is InChI=1S/C21H31N5/c1-16-4-5-20(23-13-16)21(7-9-22-10-8-21)15-25-11-6-19(14-25)26-18(3)12-17(2)24-26/h4-5,12-13,19,22H,6-11,14-15H2,1-3H3. The van der Waals surface area contributed by atoms with Crippen LogP contribution in [0, 0.1) is 20.8 Å². The highest BCUT2D eigenvalue weighted by Gasteiger charge is 2.39. The number of nitrogens with zero attached hydrogens (tertiary/aromatic N) is 4. The molecule has 2 fully saturated rings. The van der Waals surface area contributed by atoms with Crippen molar-refractivity contribution >= 4 is 0 Å². The zero-order valence-corrected chi connectivity index (χ0v) is 16.3. The molecule has 5 heteroatoms. The number of likely N-dealkylation sites (tertiary alicyclic amines) is 1. The summed E-state index contributed by atoms with van der Waals surface area (Å²) in [5, 5.41) is 8.26. The fraction of sp³-hybridized carbons (Fsp3) is 0.619. The maximum Gasteiger partial charge on any atom is 0.0661 e. The zero-order chi connectivity index (χ0) is 18.1. The van der Waals surface area contributed by atoms with Crippen LogP contribution >= 0.6 is 0 Å². The minimum Gasteiger partial charge on any atom is -0.317 e. The maximum atomic E-state index is 4.84. The van der Waals surface area contributed by atoms with Gasteiger partial charge in [0.2, 0.25) is 0 Å². The van der Waals surface area contributed by atoms with Crippen molar-refractivity contribution in [1.82, 2.24) is 25.0 Å². The molecule has 26 heavy (non-hydrogen) atoms. The molecule has 0 radical (unpaired) electrons. The van der Waals surface area contributed by atoms with Gasteiger partial charge in [0, 0.05) is 42.6 Å². The maximum absolute atomic E-state index is 4.84. The summed E-state index contributed by atoms with van der Waals surface area (Å²) >= 11 is 0. The predicted molar refractivity (Wildman–Crippen MR) is 105 cm³/mol. The van der Waals surface area contributed by atoms with Crippen LogP contribution in [0.3, 0.4) is 0 Å². The number of nitrogens with one attached hydrogen (secondary N) is 1. The van der Waals surface area contributed by atoms with Gasteiger partial charge in [-0.15, -0.1) is 0 Å². The summed E-state index contributed by atoms with van der Waals surface area (Å²) in [4.78, 5) is 7.49. The topological polar surface area (TPSA) is 46.0 Å². The van der Waals surface area contributed by atoms with Crippen molar-refractivity contribution in [3.63, 3.8) is 0 Å². The zero-order valence-electron chi connectivity index (χ0n) is 16.3. The van der Waals surface area contributed by atoms with Gasteiger partial charge in [0.05, 0.1) is 11.7 Å². The van der Waals surface area contributed by atoms with Crippen molar-refractivity contribution in [2.24, 2.45) is 0 Å². The summed E-state index contributed by atoms with van der Waals surface area (Å²) in [6, 6.07) is 7.17. The van der Waals surface area contributed by atoms with Crippen LogP contribution in [-0.4, -0.2) is 52.4 Å². The van der Waals surface area contributed by atoms with Crippen LogP contribution in [0.2, 0.25) is 0 Å². The van der Waals surface area contributed by atoms with E-state index in [-0.39, 0.29) is 5.41 Å². The smallest absolute Gasteiger partial charge is 0.0661 e. The van der Waals surface area contributed by atoms with Gasteiger partial charge in [0.1, 0.15) is 0 Å². The van der Waals surface area contributed by atoms with E-state index < -0.39 is 0 Å². The van der Waals surface area contributed by atoms with Crippen LogP contribution in [0.25, 0.3) is 0 Å². The van der Waals surface area contributed by atoms with Crippen molar-refractivity contribution < 1.29 is 0 Å². The third-order valence-corrected chi connectivity index (χ3v) is 6.18. The second-order valence-corrected chi connectivity index (χ2v) is 8.30. The number of rotatable bonds is 4. The summed E-state index contributed by atoms with van der Waals surface area (Å²) < 4.78 is 2.24. The molecular formula is C21H31N5. The van der Waals surface area contributed by atoms with Crippen LogP contribution in [0.5, 0.6) is 0 Å². The van der Waals surface area contributed by atoms with Gasteiger partial charge in [-0.25, -0.2) is 0 Å². The van der Waals surface area contributed by atoms with Gasteiger partial charge in [-0.3, -0.25) is 9.67 Å². The number of aryl methyl sites for hydroxylation is 3. The molecule has 5 nitrogen and oxygen atoms in total. The molecule has 1 unspecified atom stereocenters. The third-order valence-electron chi connectivity index (χ3n) is 6.18. The van der Waals surface area contributed by atoms with E-state index in [0.717, 1.165) is 38.4 Å². The van der Waals surface area contributed by atoms with Gasteiger partial charge in [0.15, 0.2) is 0 Å². The fourth-order valence-corrected chi connectivity index (χ4v) is 4.78. The van der Waals surface area contributed by atoms with Gasteiger partial charge in [-0.2, -0.15) is 5.10 Å². The number of hydrogen-bond acceptors (Lipinski definition) is 4. The lowest BCUT2D eigenvalue weighted by Crippen LogP contribution is -2.47. The Labute approximate surface area is 156 Å². The Bertz CT molecular complexity index is 742. The molecule has 0 aliphatic carbocycles. The average Bonchev–Trinajstić information content (AvgIpc) is 3.22. The second kappa shape index (κ2) is 7.12. The molecular weight excluding hydrogens is 322 g/mol. The largest absolute Gasteiger partial charge is 0.317 e. The SMILES string of the molecule is Cc1ccc(C2(CN3CCC(n4nc(C)cc4C)C3)CCNCC2)nc1. The van der Waals surface area contributed by atoms with Crippen molar-refractivity contribution in [2.75, 3.05) is 32.7 Å². The lowest BCUT2D eigenvalue weighted by atomic mass is 9.75. The van der Waals surface area contributed by atoms with Crippen LogP contribution in [-0.2, 0) is 5.41 Å². The molecule has 0 saturated carbocycles. The number of piperidine rings is 1. The van der Waals surface area contributed by atoms with Gasteiger partial charge in [-0.1, -0.05) is 6.07 Å². The van der Waals surface area contributed by atoms with Crippen LogP contribution < -0.4 is 5.32 Å². The summed E-state index contributed by atoms with van der Waals surface area (Å²) in [6.07, 6.45) is 5.56. The minimum absolute atomic E-state index is 0.183. The normalized spacial score (nSPS) is 23.4. The molecule has 2 aliphatic rings. The third kappa shape index (κ3) is 3.42. The van der Waals surface area contributed by atoms with E-state index in [1.165, 1.54) is 36.2 Å². The summed E-state index contributed by atoms with van der Waals surface area (Å²) in [7, 11) is 0. The van der Waals surface area contributed by atoms with Crippen LogP contribution in [0.1, 0.15) is 47.9 Å². The van der Waals surface area contributed by atoms with Crippen molar-refractivity contribution in [3.8, 4) is 0 Å². The Hall–Kier alpha value is -1.72. The highest BCUT2D eigenvalue weighted by molar-refractivity contribution is 5.23. The first kappa shape index (κ1) is 17.7. The number of pyridine rings is 1. The minimum atomic E-state index is 0.183. The molecule has 4 heterocycles. The van der Waals surface area contributed by atoms with E-state index >= 15 is 0 Å². The van der Waals surface area contributed by atoms with Gasteiger partial charge >= 0.3 is 0 Å². The molecule has 140 valence electrons. The molecule has 0 amide bonds. The van der Waals surface area contributed by atoms with Gasteiger partial charge in [0.25, 0.3) is 0 Å². The molecule has 4 rings (SSSR count). The first-order valence-corrected chi connectivity index (χ1v) is 9.95. The summed E-state index contributed by atoms with van der Waals surface area (Å²) in [5.74, 6) is 0. The first-order valence-electron chi connectivity index (χ1n) is 9.95. The second-order valence-electron chi connectivity index (χ2n) is 8.30. The van der Waals surface area contributed by atoms with E-state index in [9.17, 15) is 0 Å². The lowest BCUT2D eigenvalue weighted by molar-refractivity contribution is 0.191. The van der Waals surface area contributed by atoms with Gasteiger partial charge in [-0.05, 0) is 70.8 Å². The molecule has 0 aromatic carbocycles. The Kier molecular flexibility index (Phi) is 4.84. The van der Waals surface area contributed by atoms with E-state index in [4.69, 9.17) is 10.1 Å².